The molecule has 0 aliphatic rings. The zero-order valence-corrected chi connectivity index (χ0v) is 16.2. The van der Waals surface area contributed by atoms with Crippen LogP contribution in [0.3, 0.4) is 0 Å². The fraction of sp³-hybridized carbons (Fsp3) is 0.688. The van der Waals surface area contributed by atoms with Crippen molar-refractivity contribution in [3.63, 3.8) is 0 Å². The van der Waals surface area contributed by atoms with Crippen LogP contribution in [-0.4, -0.2) is 23.6 Å². The zero-order valence-electron chi connectivity index (χ0n) is 13.9. The van der Waals surface area contributed by atoms with Crippen molar-refractivity contribution in [3.8, 4) is 0 Å². The van der Waals surface area contributed by atoms with E-state index < -0.39 is 0 Å². The van der Waals surface area contributed by atoms with Gasteiger partial charge >= 0.3 is 0 Å². The van der Waals surface area contributed by atoms with Crippen LogP contribution in [-0.2, 0) is 13.6 Å². The van der Waals surface area contributed by atoms with Gasteiger partial charge in [0.25, 0.3) is 0 Å². The SMILES string of the molecule is CCCCCCC(C)NC(=NC)NCc1ccn(C)c1.I. The summed E-state index contributed by atoms with van der Waals surface area (Å²) >= 11 is 0. The summed E-state index contributed by atoms with van der Waals surface area (Å²) in [4.78, 5) is 4.28. The molecule has 0 aromatic carbocycles. The largest absolute Gasteiger partial charge is 0.357 e. The van der Waals surface area contributed by atoms with Crippen molar-refractivity contribution in [1.82, 2.24) is 15.2 Å². The van der Waals surface area contributed by atoms with Crippen LogP contribution in [0.4, 0.5) is 0 Å². The molecule has 1 heterocycles. The zero-order chi connectivity index (χ0) is 14.8. The van der Waals surface area contributed by atoms with Gasteiger partial charge in [-0.3, -0.25) is 4.99 Å². The van der Waals surface area contributed by atoms with Crippen LogP contribution in [0.5, 0.6) is 0 Å². The Morgan fingerprint density at radius 3 is 2.67 bits per heavy atom. The molecule has 0 bridgehead atoms. The number of halogens is 1. The Morgan fingerprint density at radius 2 is 2.10 bits per heavy atom. The fourth-order valence-electron chi connectivity index (χ4n) is 2.23. The second-order valence-electron chi connectivity index (χ2n) is 5.51. The van der Waals surface area contributed by atoms with Gasteiger partial charge in [0.2, 0.25) is 0 Å². The van der Waals surface area contributed by atoms with E-state index in [1.807, 2.05) is 14.1 Å². The molecule has 21 heavy (non-hydrogen) atoms. The van der Waals surface area contributed by atoms with Crippen LogP contribution in [0.15, 0.2) is 23.5 Å². The number of hydrogen-bond donors (Lipinski definition) is 2. The summed E-state index contributed by atoms with van der Waals surface area (Å²) in [5, 5.41) is 6.81. The van der Waals surface area contributed by atoms with E-state index in [1.54, 1.807) is 0 Å². The molecule has 0 spiro atoms. The van der Waals surface area contributed by atoms with Crippen molar-refractivity contribution in [2.45, 2.75) is 58.5 Å². The molecule has 122 valence electrons. The first-order chi connectivity index (χ1) is 9.65. The first-order valence-electron chi connectivity index (χ1n) is 7.73. The molecule has 0 radical (unpaired) electrons. The molecule has 1 aromatic heterocycles. The molecule has 1 unspecified atom stereocenters. The lowest BCUT2D eigenvalue weighted by molar-refractivity contribution is 0.537. The minimum Gasteiger partial charge on any atom is -0.357 e. The highest BCUT2D eigenvalue weighted by Crippen LogP contribution is 2.05. The summed E-state index contributed by atoms with van der Waals surface area (Å²) in [6.07, 6.45) is 10.6. The average molecular weight is 406 g/mol. The minimum absolute atomic E-state index is 0. The maximum Gasteiger partial charge on any atom is 0.191 e. The number of nitrogens with zero attached hydrogens (tertiary/aromatic N) is 2. The second kappa shape index (κ2) is 11.9. The van der Waals surface area contributed by atoms with Crippen molar-refractivity contribution in [1.29, 1.82) is 0 Å². The van der Waals surface area contributed by atoms with E-state index in [0.717, 1.165) is 12.5 Å². The van der Waals surface area contributed by atoms with Crippen molar-refractivity contribution in [2.75, 3.05) is 7.05 Å². The summed E-state index contributed by atoms with van der Waals surface area (Å²) in [7, 11) is 3.86. The molecule has 0 amide bonds. The molecule has 0 saturated heterocycles. The smallest absolute Gasteiger partial charge is 0.191 e. The molecular formula is C16H31IN4. The normalized spacial score (nSPS) is 12.7. The molecule has 1 rings (SSSR count). The van der Waals surface area contributed by atoms with Crippen LogP contribution in [0.2, 0.25) is 0 Å². The first-order valence-corrected chi connectivity index (χ1v) is 7.73. The lowest BCUT2D eigenvalue weighted by Crippen LogP contribution is -2.41. The maximum absolute atomic E-state index is 4.28. The Kier molecular flexibility index (Phi) is 11.5. The molecular weight excluding hydrogens is 375 g/mol. The van der Waals surface area contributed by atoms with Crippen molar-refractivity contribution in [2.24, 2.45) is 12.0 Å². The summed E-state index contributed by atoms with van der Waals surface area (Å²) in [5.41, 5.74) is 1.27. The predicted molar refractivity (Wildman–Crippen MR) is 102 cm³/mol. The number of guanidine groups is 1. The third-order valence-electron chi connectivity index (χ3n) is 3.45. The van der Waals surface area contributed by atoms with Crippen molar-refractivity contribution in [3.05, 3.63) is 24.0 Å². The fourth-order valence-corrected chi connectivity index (χ4v) is 2.23. The van der Waals surface area contributed by atoms with Crippen molar-refractivity contribution < 1.29 is 0 Å². The average Bonchev–Trinajstić information content (AvgIpc) is 2.85. The van der Waals surface area contributed by atoms with Gasteiger partial charge in [0, 0.05) is 39.1 Å². The maximum atomic E-state index is 4.28. The minimum atomic E-state index is 0. The van der Waals surface area contributed by atoms with Gasteiger partial charge in [-0.15, -0.1) is 24.0 Å². The standard InChI is InChI=1S/C16H30N4.HI/c1-5-6-7-8-9-14(2)19-16(17-3)18-12-15-10-11-20(4)13-15;/h10-11,13-14H,5-9,12H2,1-4H3,(H2,17,18,19);1H. The molecule has 0 saturated carbocycles. The molecule has 0 aliphatic carbocycles. The third kappa shape index (κ3) is 9.01. The van der Waals surface area contributed by atoms with Crippen LogP contribution in [0.1, 0.15) is 51.5 Å². The summed E-state index contributed by atoms with van der Waals surface area (Å²) in [5.74, 6) is 0.886. The van der Waals surface area contributed by atoms with E-state index in [2.05, 4.69) is 52.5 Å². The highest BCUT2D eigenvalue weighted by molar-refractivity contribution is 14.0. The molecule has 1 aromatic rings. The Labute approximate surface area is 146 Å². The van der Waals surface area contributed by atoms with E-state index in [1.165, 1.54) is 37.7 Å². The highest BCUT2D eigenvalue weighted by atomic mass is 127. The van der Waals surface area contributed by atoms with Gasteiger partial charge in [0.05, 0.1) is 0 Å². The topological polar surface area (TPSA) is 41.4 Å². The molecule has 1 atom stereocenters. The van der Waals surface area contributed by atoms with E-state index >= 15 is 0 Å². The highest BCUT2D eigenvalue weighted by Gasteiger charge is 2.05. The van der Waals surface area contributed by atoms with E-state index in [-0.39, 0.29) is 24.0 Å². The van der Waals surface area contributed by atoms with Crippen LogP contribution in [0, 0.1) is 0 Å². The van der Waals surface area contributed by atoms with Gasteiger partial charge in [0.15, 0.2) is 5.96 Å². The summed E-state index contributed by atoms with van der Waals surface area (Å²) in [6.45, 7) is 5.28. The predicted octanol–water partition coefficient (Wildman–Crippen LogP) is 3.67. The van der Waals surface area contributed by atoms with Crippen LogP contribution in [0.25, 0.3) is 0 Å². The third-order valence-corrected chi connectivity index (χ3v) is 3.45. The Balaban J connectivity index is 0.00000400. The number of nitrogens with one attached hydrogen (secondary N) is 2. The number of unbranched alkanes of at least 4 members (excludes halogenated alkanes) is 3. The number of aromatic nitrogens is 1. The lowest BCUT2D eigenvalue weighted by Gasteiger charge is -2.17. The monoisotopic (exact) mass is 406 g/mol. The molecule has 5 heteroatoms. The van der Waals surface area contributed by atoms with Crippen LogP contribution >= 0.6 is 24.0 Å². The van der Waals surface area contributed by atoms with Gasteiger partial charge < -0.3 is 15.2 Å². The van der Waals surface area contributed by atoms with E-state index in [9.17, 15) is 0 Å². The number of hydrogen-bond acceptors (Lipinski definition) is 1. The number of rotatable bonds is 8. The summed E-state index contributed by atoms with van der Waals surface area (Å²) in [6, 6.07) is 2.59. The molecule has 2 N–H and O–H groups in total. The Morgan fingerprint density at radius 1 is 1.33 bits per heavy atom. The van der Waals surface area contributed by atoms with Gasteiger partial charge in [-0.05, 0) is 25.0 Å². The quantitative estimate of drug-likeness (QED) is 0.299. The Hall–Kier alpha value is -0.720. The first kappa shape index (κ1) is 20.3. The number of aliphatic imine (C=N–C) groups is 1. The van der Waals surface area contributed by atoms with Crippen LogP contribution < -0.4 is 10.6 Å². The lowest BCUT2D eigenvalue weighted by atomic mass is 10.1. The Bertz CT molecular complexity index is 401. The second-order valence-corrected chi connectivity index (χ2v) is 5.51. The van der Waals surface area contributed by atoms with E-state index in [0.29, 0.717) is 6.04 Å². The van der Waals surface area contributed by atoms with Crippen molar-refractivity contribution >= 4 is 29.9 Å². The van der Waals surface area contributed by atoms with Gasteiger partial charge in [-0.2, -0.15) is 0 Å². The molecule has 0 fully saturated rings. The molecule has 0 aliphatic heterocycles. The van der Waals surface area contributed by atoms with Gasteiger partial charge in [-0.25, -0.2) is 0 Å². The van der Waals surface area contributed by atoms with E-state index in [4.69, 9.17) is 0 Å². The van der Waals surface area contributed by atoms with Gasteiger partial charge in [-0.1, -0.05) is 32.6 Å². The number of aryl methyl sites for hydroxylation is 1. The van der Waals surface area contributed by atoms with Gasteiger partial charge in [0.1, 0.15) is 0 Å². The summed E-state index contributed by atoms with van der Waals surface area (Å²) < 4.78 is 2.06. The molecule has 4 nitrogen and oxygen atoms in total.